The molecule has 1 amide bonds. The first-order valence-corrected chi connectivity index (χ1v) is 8.29. The summed E-state index contributed by atoms with van der Waals surface area (Å²) in [5.41, 5.74) is 2.85. The van der Waals surface area contributed by atoms with Crippen molar-refractivity contribution in [1.29, 1.82) is 0 Å². The maximum atomic E-state index is 12.0. The summed E-state index contributed by atoms with van der Waals surface area (Å²) in [5, 5.41) is 12.1. The quantitative estimate of drug-likeness (QED) is 0.576. The van der Waals surface area contributed by atoms with Gasteiger partial charge in [-0.1, -0.05) is 17.3 Å². The van der Waals surface area contributed by atoms with Gasteiger partial charge in [0.1, 0.15) is 0 Å². The van der Waals surface area contributed by atoms with Crippen LogP contribution in [0.2, 0.25) is 0 Å². The first-order valence-electron chi connectivity index (χ1n) is 8.29. The van der Waals surface area contributed by atoms with Crippen LogP contribution in [0.3, 0.4) is 0 Å². The Labute approximate surface area is 149 Å². The molecular formula is C18H18N6O2. The topological polar surface area (TPSA) is 102 Å². The number of anilines is 1. The van der Waals surface area contributed by atoms with Crippen molar-refractivity contribution in [3.05, 3.63) is 48.1 Å². The number of nitrogens with one attached hydrogen (secondary N) is 2. The van der Waals surface area contributed by atoms with Crippen LogP contribution >= 0.6 is 0 Å². The number of H-pyrrole nitrogens is 1. The van der Waals surface area contributed by atoms with Gasteiger partial charge in [0.05, 0.1) is 0 Å². The number of carbonyl (C=O) groups excluding carboxylic acids is 1. The maximum absolute atomic E-state index is 12.0. The second kappa shape index (κ2) is 6.47. The summed E-state index contributed by atoms with van der Waals surface area (Å²) in [5.74, 6) is 1.34. The molecule has 132 valence electrons. The number of rotatable bonds is 5. The standard InChI is InChI=1S/C18H18N6O2/c1-11-9-15(22-24(11)2)20-16(25)5-6-17-21-18(23-26-17)13-4-3-12-7-8-19-14(12)10-13/h3-4,7-10,19H,5-6H2,1-2H3,(H,20,22,25). The number of aromatic nitrogens is 5. The number of fused-ring (bicyclic) bond motifs is 1. The fraction of sp³-hybridized carbons (Fsp3) is 0.222. The number of nitrogens with zero attached hydrogens (tertiary/aromatic N) is 4. The minimum absolute atomic E-state index is 0.143. The van der Waals surface area contributed by atoms with E-state index < -0.39 is 0 Å². The second-order valence-electron chi connectivity index (χ2n) is 6.13. The van der Waals surface area contributed by atoms with Crippen molar-refractivity contribution in [2.45, 2.75) is 19.8 Å². The van der Waals surface area contributed by atoms with Crippen LogP contribution < -0.4 is 5.32 Å². The molecule has 0 aliphatic heterocycles. The van der Waals surface area contributed by atoms with Gasteiger partial charge in [-0.3, -0.25) is 9.48 Å². The fourth-order valence-electron chi connectivity index (χ4n) is 2.71. The van der Waals surface area contributed by atoms with Crippen LogP contribution in [-0.2, 0) is 18.3 Å². The van der Waals surface area contributed by atoms with Gasteiger partial charge in [-0.25, -0.2) is 0 Å². The zero-order chi connectivity index (χ0) is 18.1. The molecule has 1 aromatic carbocycles. The number of hydrogen-bond donors (Lipinski definition) is 2. The summed E-state index contributed by atoms with van der Waals surface area (Å²) in [4.78, 5) is 19.6. The summed E-state index contributed by atoms with van der Waals surface area (Å²) in [6, 6.07) is 9.74. The molecule has 4 aromatic rings. The van der Waals surface area contributed by atoms with Crippen LogP contribution in [-0.4, -0.2) is 30.8 Å². The highest BCUT2D eigenvalue weighted by molar-refractivity contribution is 5.89. The van der Waals surface area contributed by atoms with Gasteiger partial charge in [-0.2, -0.15) is 10.1 Å². The first-order chi connectivity index (χ1) is 12.6. The third-order valence-corrected chi connectivity index (χ3v) is 4.23. The highest BCUT2D eigenvalue weighted by Gasteiger charge is 2.12. The average Bonchev–Trinajstić information content (AvgIpc) is 3.33. The van der Waals surface area contributed by atoms with Crippen LogP contribution in [0.5, 0.6) is 0 Å². The van der Waals surface area contributed by atoms with E-state index in [9.17, 15) is 4.79 Å². The van der Waals surface area contributed by atoms with E-state index in [0.717, 1.165) is 22.2 Å². The zero-order valence-corrected chi connectivity index (χ0v) is 14.5. The van der Waals surface area contributed by atoms with E-state index in [-0.39, 0.29) is 12.3 Å². The summed E-state index contributed by atoms with van der Waals surface area (Å²) in [7, 11) is 1.83. The van der Waals surface area contributed by atoms with Crippen molar-refractivity contribution in [3.63, 3.8) is 0 Å². The van der Waals surface area contributed by atoms with Crippen LogP contribution in [0.25, 0.3) is 22.3 Å². The lowest BCUT2D eigenvalue weighted by atomic mass is 10.1. The Bertz CT molecular complexity index is 1050. The van der Waals surface area contributed by atoms with Gasteiger partial charge in [-0.05, 0) is 24.4 Å². The van der Waals surface area contributed by atoms with E-state index in [1.54, 1.807) is 4.68 Å². The molecule has 4 rings (SSSR count). The monoisotopic (exact) mass is 350 g/mol. The van der Waals surface area contributed by atoms with E-state index in [0.29, 0.717) is 24.0 Å². The molecule has 0 spiro atoms. The van der Waals surface area contributed by atoms with Crippen molar-refractivity contribution >= 4 is 22.6 Å². The number of carbonyl (C=O) groups is 1. The lowest BCUT2D eigenvalue weighted by Gasteiger charge is -1.99. The Morgan fingerprint density at radius 1 is 1.31 bits per heavy atom. The molecule has 0 aliphatic carbocycles. The highest BCUT2D eigenvalue weighted by atomic mass is 16.5. The third-order valence-electron chi connectivity index (χ3n) is 4.23. The Morgan fingerprint density at radius 3 is 3.00 bits per heavy atom. The van der Waals surface area contributed by atoms with Crippen LogP contribution in [0.4, 0.5) is 5.82 Å². The highest BCUT2D eigenvalue weighted by Crippen LogP contribution is 2.21. The Kier molecular flexibility index (Phi) is 4.00. The van der Waals surface area contributed by atoms with E-state index in [2.05, 4.69) is 25.5 Å². The summed E-state index contributed by atoms with van der Waals surface area (Å²) >= 11 is 0. The van der Waals surface area contributed by atoms with Gasteiger partial charge in [0.15, 0.2) is 5.82 Å². The van der Waals surface area contributed by atoms with Crippen molar-refractivity contribution in [2.24, 2.45) is 7.05 Å². The van der Waals surface area contributed by atoms with Crippen molar-refractivity contribution in [2.75, 3.05) is 5.32 Å². The molecule has 0 saturated carbocycles. The molecule has 8 heteroatoms. The fourth-order valence-corrected chi connectivity index (χ4v) is 2.71. The number of aryl methyl sites for hydroxylation is 3. The second-order valence-corrected chi connectivity index (χ2v) is 6.13. The molecule has 2 N–H and O–H groups in total. The van der Waals surface area contributed by atoms with Gasteiger partial charge in [0.25, 0.3) is 0 Å². The van der Waals surface area contributed by atoms with Crippen LogP contribution in [0, 0.1) is 6.92 Å². The Hall–Kier alpha value is -3.42. The van der Waals surface area contributed by atoms with Gasteiger partial charge in [-0.15, -0.1) is 0 Å². The normalized spacial score (nSPS) is 11.2. The van der Waals surface area contributed by atoms with Crippen LogP contribution in [0.1, 0.15) is 18.0 Å². The Balaban J connectivity index is 1.39. The van der Waals surface area contributed by atoms with Crippen molar-refractivity contribution in [1.82, 2.24) is 24.9 Å². The smallest absolute Gasteiger partial charge is 0.227 e. The molecular weight excluding hydrogens is 332 g/mol. The van der Waals surface area contributed by atoms with E-state index >= 15 is 0 Å². The summed E-state index contributed by atoms with van der Waals surface area (Å²) in [6.07, 6.45) is 2.50. The SMILES string of the molecule is Cc1cc(NC(=O)CCc2nc(-c3ccc4cc[nH]c4c3)no2)nn1C. The lowest BCUT2D eigenvalue weighted by Crippen LogP contribution is -2.13. The molecule has 0 aliphatic rings. The van der Waals surface area contributed by atoms with Gasteiger partial charge in [0, 0.05) is 48.9 Å². The van der Waals surface area contributed by atoms with Crippen LogP contribution in [0.15, 0.2) is 41.1 Å². The number of aromatic amines is 1. The zero-order valence-electron chi connectivity index (χ0n) is 14.5. The molecule has 0 radical (unpaired) electrons. The minimum atomic E-state index is -0.143. The molecule has 26 heavy (non-hydrogen) atoms. The molecule has 0 bridgehead atoms. The molecule has 0 unspecified atom stereocenters. The lowest BCUT2D eigenvalue weighted by molar-refractivity contribution is -0.116. The maximum Gasteiger partial charge on any atom is 0.227 e. The van der Waals surface area contributed by atoms with Gasteiger partial charge >= 0.3 is 0 Å². The minimum Gasteiger partial charge on any atom is -0.361 e. The molecule has 0 saturated heterocycles. The Morgan fingerprint density at radius 2 is 2.19 bits per heavy atom. The number of amides is 1. The van der Waals surface area contributed by atoms with E-state index in [4.69, 9.17) is 4.52 Å². The van der Waals surface area contributed by atoms with E-state index in [1.165, 1.54) is 0 Å². The van der Waals surface area contributed by atoms with Gasteiger partial charge < -0.3 is 14.8 Å². The first kappa shape index (κ1) is 16.1. The average molecular weight is 350 g/mol. The number of hydrogen-bond acceptors (Lipinski definition) is 5. The predicted octanol–water partition coefficient (Wildman–Crippen LogP) is 2.83. The van der Waals surface area contributed by atoms with Crippen molar-refractivity contribution < 1.29 is 9.32 Å². The molecule has 3 aromatic heterocycles. The van der Waals surface area contributed by atoms with Crippen molar-refractivity contribution in [3.8, 4) is 11.4 Å². The van der Waals surface area contributed by atoms with Gasteiger partial charge in [0.2, 0.25) is 17.6 Å². The van der Waals surface area contributed by atoms with E-state index in [1.807, 2.05) is 50.5 Å². The molecule has 3 heterocycles. The summed E-state index contributed by atoms with van der Waals surface area (Å²) < 4.78 is 6.97. The molecule has 8 nitrogen and oxygen atoms in total. The summed E-state index contributed by atoms with van der Waals surface area (Å²) in [6.45, 7) is 1.92. The third kappa shape index (κ3) is 3.21. The largest absolute Gasteiger partial charge is 0.361 e. The molecule has 0 fully saturated rings. The molecule has 0 atom stereocenters. The predicted molar refractivity (Wildman–Crippen MR) is 96.5 cm³/mol. The number of benzene rings is 1.